The van der Waals surface area contributed by atoms with Crippen LogP contribution in [0.25, 0.3) is 0 Å². The van der Waals surface area contributed by atoms with Crippen molar-refractivity contribution in [3.8, 4) is 0 Å². The largest absolute Gasteiger partial charge is 0.393 e. The molecule has 1 aromatic heterocycles. The second-order valence-corrected chi connectivity index (χ2v) is 2.91. The fourth-order valence-corrected chi connectivity index (χ4v) is 1.03. The van der Waals surface area contributed by atoms with E-state index in [4.69, 9.17) is 5.11 Å². The lowest BCUT2D eigenvalue weighted by Crippen LogP contribution is -2.30. The van der Waals surface area contributed by atoms with Crippen molar-refractivity contribution < 1.29 is 9.67 Å². The highest BCUT2D eigenvalue weighted by atomic mass is 16.3. The molecule has 0 saturated heterocycles. The summed E-state index contributed by atoms with van der Waals surface area (Å²) in [5.41, 5.74) is 0. The maximum absolute atomic E-state index is 9.02. The van der Waals surface area contributed by atoms with Gasteiger partial charge in [0, 0.05) is 0 Å². The third-order valence-electron chi connectivity index (χ3n) is 1.77. The minimum absolute atomic E-state index is 0.210. The van der Waals surface area contributed by atoms with Crippen molar-refractivity contribution in [3.05, 3.63) is 18.2 Å². The van der Waals surface area contributed by atoms with Gasteiger partial charge in [-0.2, -0.15) is 0 Å². The Kier molecular flexibility index (Phi) is 2.65. The monoisotopic (exact) mass is 155 g/mol. The van der Waals surface area contributed by atoms with Crippen LogP contribution in [0.4, 0.5) is 0 Å². The Hall–Kier alpha value is -0.830. The third-order valence-corrected chi connectivity index (χ3v) is 1.77. The van der Waals surface area contributed by atoms with Crippen molar-refractivity contribution in [2.45, 2.75) is 25.9 Å². The fourth-order valence-electron chi connectivity index (χ4n) is 1.03. The van der Waals surface area contributed by atoms with Gasteiger partial charge in [0.25, 0.3) is 5.82 Å². The second-order valence-electron chi connectivity index (χ2n) is 2.91. The van der Waals surface area contributed by atoms with Gasteiger partial charge < -0.3 is 5.11 Å². The van der Waals surface area contributed by atoms with Crippen molar-refractivity contribution in [1.29, 1.82) is 0 Å². The van der Waals surface area contributed by atoms with E-state index in [1.54, 1.807) is 0 Å². The molecule has 0 spiro atoms. The molecule has 0 radical (unpaired) electrons. The minimum Gasteiger partial charge on any atom is -0.393 e. The third kappa shape index (κ3) is 2.35. The summed E-state index contributed by atoms with van der Waals surface area (Å²) in [6.45, 7) is 1.81. The molecule has 3 heteroatoms. The normalized spacial score (nSPS) is 13.4. The van der Waals surface area contributed by atoms with Crippen LogP contribution >= 0.6 is 0 Å². The Labute approximate surface area is 66.7 Å². The molecule has 1 atom stereocenters. The number of aromatic nitrogens is 2. The molecule has 0 aliphatic carbocycles. The molecule has 1 rings (SSSR count). The number of aliphatic hydroxyl groups is 1. The number of aromatic amines is 1. The van der Waals surface area contributed by atoms with Crippen LogP contribution in [0.15, 0.2) is 12.4 Å². The van der Waals surface area contributed by atoms with Crippen molar-refractivity contribution >= 4 is 0 Å². The average molecular weight is 155 g/mol. The lowest BCUT2D eigenvalue weighted by Gasteiger charge is -1.99. The van der Waals surface area contributed by atoms with E-state index in [-0.39, 0.29) is 6.10 Å². The van der Waals surface area contributed by atoms with Crippen LogP contribution < -0.4 is 4.57 Å². The van der Waals surface area contributed by atoms with E-state index in [2.05, 4.69) is 4.98 Å². The Morgan fingerprint density at radius 3 is 2.91 bits per heavy atom. The number of H-pyrrole nitrogens is 1. The van der Waals surface area contributed by atoms with Gasteiger partial charge in [0.15, 0.2) is 0 Å². The number of hydrogen-bond acceptors (Lipinski definition) is 1. The number of aliphatic hydroxyl groups excluding tert-OH is 1. The number of nitrogens with one attached hydrogen (secondary N) is 1. The highest BCUT2D eigenvalue weighted by Crippen LogP contribution is 1.96. The van der Waals surface area contributed by atoms with E-state index in [9.17, 15) is 0 Å². The van der Waals surface area contributed by atoms with E-state index < -0.39 is 0 Å². The molecule has 0 saturated carbocycles. The zero-order valence-electron chi connectivity index (χ0n) is 7.04. The molecule has 0 aliphatic rings. The first-order chi connectivity index (χ1) is 5.20. The van der Waals surface area contributed by atoms with Crippen molar-refractivity contribution in [2.24, 2.45) is 7.05 Å². The Morgan fingerprint density at radius 2 is 2.45 bits per heavy atom. The van der Waals surface area contributed by atoms with Crippen LogP contribution in [0, 0.1) is 0 Å². The molecule has 3 nitrogen and oxygen atoms in total. The van der Waals surface area contributed by atoms with E-state index in [1.165, 1.54) is 0 Å². The highest BCUT2D eigenvalue weighted by molar-refractivity contribution is 4.77. The Bertz CT molecular complexity index is 218. The number of rotatable bonds is 3. The molecule has 0 amide bonds. The molecule has 11 heavy (non-hydrogen) atoms. The molecule has 0 aliphatic heterocycles. The van der Waals surface area contributed by atoms with Crippen LogP contribution in [0.1, 0.15) is 19.2 Å². The predicted molar refractivity (Wildman–Crippen MR) is 42.0 cm³/mol. The zero-order valence-corrected chi connectivity index (χ0v) is 7.04. The second kappa shape index (κ2) is 3.53. The van der Waals surface area contributed by atoms with Gasteiger partial charge in [-0.25, -0.2) is 9.55 Å². The molecule has 1 heterocycles. The van der Waals surface area contributed by atoms with E-state index in [1.807, 2.05) is 30.9 Å². The highest BCUT2D eigenvalue weighted by Gasteiger charge is 2.06. The summed E-state index contributed by atoms with van der Waals surface area (Å²) >= 11 is 0. The summed E-state index contributed by atoms with van der Waals surface area (Å²) in [6, 6.07) is 0. The zero-order chi connectivity index (χ0) is 8.27. The van der Waals surface area contributed by atoms with Gasteiger partial charge >= 0.3 is 0 Å². The number of nitrogens with zero attached hydrogens (tertiary/aromatic N) is 1. The SMILES string of the molecule is CC(O)CCc1[nH]cc[n+]1C. The summed E-state index contributed by atoms with van der Waals surface area (Å²) in [5.74, 6) is 1.16. The van der Waals surface area contributed by atoms with Gasteiger partial charge in [-0.05, 0) is 13.3 Å². The van der Waals surface area contributed by atoms with Crippen molar-refractivity contribution in [3.63, 3.8) is 0 Å². The fraction of sp³-hybridized carbons (Fsp3) is 0.625. The number of hydrogen-bond donors (Lipinski definition) is 2. The molecule has 1 unspecified atom stereocenters. The Morgan fingerprint density at radius 1 is 1.73 bits per heavy atom. The number of imidazole rings is 1. The number of aryl methyl sites for hydroxylation is 2. The molecule has 62 valence electrons. The summed E-state index contributed by atoms with van der Waals surface area (Å²) < 4.78 is 2.03. The lowest BCUT2D eigenvalue weighted by molar-refractivity contribution is -0.677. The van der Waals surface area contributed by atoms with Gasteiger partial charge in [0.05, 0.1) is 19.6 Å². The molecule has 0 fully saturated rings. The summed E-state index contributed by atoms with van der Waals surface area (Å²) in [7, 11) is 1.99. The average Bonchev–Trinajstić information content (AvgIpc) is 2.31. The summed E-state index contributed by atoms with van der Waals surface area (Å²) in [5, 5.41) is 9.02. The molecular weight excluding hydrogens is 140 g/mol. The van der Waals surface area contributed by atoms with Gasteiger partial charge in [-0.15, -0.1) is 0 Å². The predicted octanol–water partition coefficient (Wildman–Crippen LogP) is 0.153. The van der Waals surface area contributed by atoms with Crippen LogP contribution in [0.3, 0.4) is 0 Å². The van der Waals surface area contributed by atoms with Crippen LogP contribution in [-0.2, 0) is 13.5 Å². The van der Waals surface area contributed by atoms with Gasteiger partial charge in [-0.1, -0.05) is 0 Å². The summed E-state index contributed by atoms with van der Waals surface area (Å²) in [4.78, 5) is 3.11. The first-order valence-corrected chi connectivity index (χ1v) is 3.90. The standard InChI is InChI=1S/C8H14N2O/c1-7(11)3-4-8-9-5-6-10(8)2/h5-7,11H,3-4H2,1-2H3/p+1. The van der Waals surface area contributed by atoms with Gasteiger partial charge in [0.1, 0.15) is 12.4 Å². The topological polar surface area (TPSA) is 39.9 Å². The van der Waals surface area contributed by atoms with E-state index >= 15 is 0 Å². The van der Waals surface area contributed by atoms with Crippen molar-refractivity contribution in [1.82, 2.24) is 4.98 Å². The Balaban J connectivity index is 2.44. The first kappa shape index (κ1) is 8.27. The van der Waals surface area contributed by atoms with Gasteiger partial charge in [-0.3, -0.25) is 0 Å². The molecule has 1 aromatic rings. The first-order valence-electron chi connectivity index (χ1n) is 3.90. The van der Waals surface area contributed by atoms with Crippen molar-refractivity contribution in [2.75, 3.05) is 0 Å². The molecule has 2 N–H and O–H groups in total. The smallest absolute Gasteiger partial charge is 0.254 e. The summed E-state index contributed by atoms with van der Waals surface area (Å²) in [6.07, 6.45) is 5.38. The quantitative estimate of drug-likeness (QED) is 0.599. The lowest BCUT2D eigenvalue weighted by atomic mass is 10.2. The van der Waals surface area contributed by atoms with Crippen LogP contribution in [0.5, 0.6) is 0 Å². The molecule has 0 aromatic carbocycles. The minimum atomic E-state index is -0.210. The van der Waals surface area contributed by atoms with Crippen LogP contribution in [-0.4, -0.2) is 16.2 Å². The maximum Gasteiger partial charge on any atom is 0.254 e. The van der Waals surface area contributed by atoms with Gasteiger partial charge in [0.2, 0.25) is 0 Å². The van der Waals surface area contributed by atoms with E-state index in [0.29, 0.717) is 0 Å². The molecule has 0 bridgehead atoms. The molecular formula is C8H15N2O+. The van der Waals surface area contributed by atoms with Crippen LogP contribution in [0.2, 0.25) is 0 Å². The maximum atomic E-state index is 9.02. The van der Waals surface area contributed by atoms with E-state index in [0.717, 1.165) is 18.7 Å².